The Morgan fingerprint density at radius 1 is 1.29 bits per heavy atom. The molecule has 1 unspecified atom stereocenters. The molecule has 0 bridgehead atoms. The molecule has 0 amide bonds. The lowest BCUT2D eigenvalue weighted by molar-refractivity contribution is 0.494. The highest BCUT2D eigenvalue weighted by Crippen LogP contribution is 2.40. The van der Waals surface area contributed by atoms with E-state index in [0.717, 1.165) is 6.42 Å². The number of hydrogen-bond donors (Lipinski definition) is 0. The van der Waals surface area contributed by atoms with Gasteiger partial charge in [0.1, 0.15) is 0 Å². The molecule has 0 fully saturated rings. The van der Waals surface area contributed by atoms with E-state index in [1.165, 1.54) is 11.3 Å². The average molecular weight is 189 g/mol. The Hall–Kier alpha value is -1.11. The summed E-state index contributed by atoms with van der Waals surface area (Å²) in [5.74, 6) is 0. The van der Waals surface area contributed by atoms with Crippen molar-refractivity contribution < 1.29 is 0 Å². The maximum absolute atomic E-state index is 4.36. The molecule has 1 atom stereocenters. The van der Waals surface area contributed by atoms with E-state index < -0.39 is 0 Å². The molecule has 0 aromatic carbocycles. The summed E-state index contributed by atoms with van der Waals surface area (Å²) in [4.78, 5) is 4.36. The highest BCUT2D eigenvalue weighted by molar-refractivity contribution is 5.75. The van der Waals surface area contributed by atoms with Gasteiger partial charge in [-0.1, -0.05) is 38.5 Å². The van der Waals surface area contributed by atoms with Crippen molar-refractivity contribution in [3.63, 3.8) is 0 Å². The number of allylic oxidation sites excluding steroid dienone is 5. The summed E-state index contributed by atoms with van der Waals surface area (Å²) in [6.45, 7) is 8.41. The number of rotatable bonds is 0. The summed E-state index contributed by atoms with van der Waals surface area (Å²) >= 11 is 0. The van der Waals surface area contributed by atoms with Gasteiger partial charge in [-0.3, -0.25) is 4.99 Å². The molecule has 0 N–H and O–H groups in total. The lowest BCUT2D eigenvalue weighted by atomic mass is 9.76. The summed E-state index contributed by atoms with van der Waals surface area (Å²) in [5.41, 5.74) is 2.78. The van der Waals surface area contributed by atoms with E-state index in [1.807, 2.05) is 26.1 Å². The Labute approximate surface area is 86.9 Å². The van der Waals surface area contributed by atoms with Crippen LogP contribution in [0.5, 0.6) is 0 Å². The van der Waals surface area contributed by atoms with Crippen LogP contribution < -0.4 is 0 Å². The number of dihydropyridines is 1. The molecule has 2 rings (SSSR count). The van der Waals surface area contributed by atoms with Crippen molar-refractivity contribution in [3.8, 4) is 0 Å². The van der Waals surface area contributed by atoms with Crippen molar-refractivity contribution in [1.82, 2.24) is 0 Å². The second-order valence-corrected chi connectivity index (χ2v) is 3.80. The van der Waals surface area contributed by atoms with E-state index >= 15 is 0 Å². The lowest BCUT2D eigenvalue weighted by Crippen LogP contribution is -2.20. The highest BCUT2D eigenvalue weighted by Gasteiger charge is 2.29. The molecule has 1 aliphatic carbocycles. The number of hydrogen-bond acceptors (Lipinski definition) is 1. The normalized spacial score (nSPS) is 28.3. The Kier molecular flexibility index (Phi) is 3.45. The van der Waals surface area contributed by atoms with Gasteiger partial charge >= 0.3 is 0 Å². The van der Waals surface area contributed by atoms with Crippen LogP contribution in [0, 0.1) is 5.41 Å². The third-order valence-electron chi connectivity index (χ3n) is 2.52. The summed E-state index contributed by atoms with van der Waals surface area (Å²) in [6.07, 6.45) is 11.5. The van der Waals surface area contributed by atoms with Crippen molar-refractivity contribution in [2.24, 2.45) is 10.4 Å². The molecule has 0 radical (unpaired) electrons. The van der Waals surface area contributed by atoms with Crippen molar-refractivity contribution in [2.75, 3.05) is 0 Å². The molecule has 1 heterocycles. The van der Waals surface area contributed by atoms with Crippen molar-refractivity contribution in [1.29, 1.82) is 0 Å². The van der Waals surface area contributed by atoms with Crippen LogP contribution in [0.25, 0.3) is 0 Å². The Morgan fingerprint density at radius 3 is 2.71 bits per heavy atom. The fraction of sp³-hybridized carbons (Fsp3) is 0.462. The topological polar surface area (TPSA) is 12.4 Å². The molecule has 0 spiro atoms. The zero-order valence-corrected chi connectivity index (χ0v) is 9.54. The predicted octanol–water partition coefficient (Wildman–Crippen LogP) is 3.89. The fourth-order valence-electron chi connectivity index (χ4n) is 1.85. The molecule has 1 aliphatic heterocycles. The maximum Gasteiger partial charge on any atom is 0.0503 e. The van der Waals surface area contributed by atoms with Gasteiger partial charge in [0.15, 0.2) is 0 Å². The summed E-state index contributed by atoms with van der Waals surface area (Å²) in [7, 11) is 0. The van der Waals surface area contributed by atoms with E-state index in [9.17, 15) is 0 Å². The summed E-state index contributed by atoms with van der Waals surface area (Å²) in [6, 6.07) is 0. The largest absolute Gasteiger partial charge is 0.260 e. The van der Waals surface area contributed by atoms with Crippen LogP contribution in [0.4, 0.5) is 0 Å². The highest BCUT2D eigenvalue weighted by atomic mass is 14.8. The second-order valence-electron chi connectivity index (χ2n) is 3.80. The SMILES string of the molecule is CC.CC1=CC=C2N=CC=CC2(C)C1. The Bertz CT molecular complexity index is 318. The van der Waals surface area contributed by atoms with Crippen LogP contribution in [0.15, 0.2) is 40.6 Å². The van der Waals surface area contributed by atoms with E-state index in [4.69, 9.17) is 0 Å². The van der Waals surface area contributed by atoms with Gasteiger partial charge in [-0.05, 0) is 25.5 Å². The van der Waals surface area contributed by atoms with Crippen LogP contribution in [0.2, 0.25) is 0 Å². The zero-order chi connectivity index (χ0) is 10.6. The number of aliphatic imine (C=N–C) groups is 1. The second kappa shape index (κ2) is 4.41. The molecule has 14 heavy (non-hydrogen) atoms. The van der Waals surface area contributed by atoms with Gasteiger partial charge in [0.2, 0.25) is 0 Å². The van der Waals surface area contributed by atoms with Gasteiger partial charge in [0, 0.05) is 11.6 Å². The molecular formula is C13H19N. The number of fused-ring (bicyclic) bond motifs is 1. The minimum absolute atomic E-state index is 0.160. The van der Waals surface area contributed by atoms with Crippen LogP contribution in [0.3, 0.4) is 0 Å². The van der Waals surface area contributed by atoms with Crippen LogP contribution >= 0.6 is 0 Å². The smallest absolute Gasteiger partial charge is 0.0503 e. The van der Waals surface area contributed by atoms with Gasteiger partial charge in [0.05, 0.1) is 5.70 Å². The molecule has 2 aliphatic rings. The first-order valence-corrected chi connectivity index (χ1v) is 5.30. The van der Waals surface area contributed by atoms with E-state index in [-0.39, 0.29) is 5.41 Å². The monoisotopic (exact) mass is 189 g/mol. The Balaban J connectivity index is 0.000000461. The number of nitrogens with zero attached hydrogens (tertiary/aromatic N) is 1. The molecule has 0 saturated carbocycles. The molecule has 0 aromatic heterocycles. The van der Waals surface area contributed by atoms with Gasteiger partial charge in [-0.25, -0.2) is 0 Å². The standard InChI is InChI=1S/C11H13N.C2H6/c1-9-4-5-10-11(2,8-9)6-3-7-12-10;1-2/h3-7H,8H2,1-2H3;1-2H3. The predicted molar refractivity (Wildman–Crippen MR) is 63.5 cm³/mol. The zero-order valence-electron chi connectivity index (χ0n) is 9.54. The van der Waals surface area contributed by atoms with Crippen molar-refractivity contribution in [3.05, 3.63) is 35.6 Å². The summed E-state index contributed by atoms with van der Waals surface area (Å²) in [5, 5.41) is 0. The van der Waals surface area contributed by atoms with Crippen LogP contribution in [-0.2, 0) is 0 Å². The average Bonchev–Trinajstić information content (AvgIpc) is 2.19. The third kappa shape index (κ3) is 2.03. The third-order valence-corrected chi connectivity index (χ3v) is 2.52. The van der Waals surface area contributed by atoms with Crippen LogP contribution in [-0.4, -0.2) is 6.21 Å². The molecule has 76 valence electrons. The first-order chi connectivity index (χ1) is 6.71. The first-order valence-electron chi connectivity index (χ1n) is 5.30. The molecular weight excluding hydrogens is 170 g/mol. The van der Waals surface area contributed by atoms with Crippen LogP contribution in [0.1, 0.15) is 34.1 Å². The first kappa shape index (κ1) is 11.0. The lowest BCUT2D eigenvalue weighted by Gasteiger charge is -2.31. The van der Waals surface area contributed by atoms with Gasteiger partial charge in [-0.15, -0.1) is 0 Å². The fourth-order valence-corrected chi connectivity index (χ4v) is 1.85. The molecule has 1 nitrogen and oxygen atoms in total. The molecule has 1 heteroatoms. The van der Waals surface area contributed by atoms with Crippen molar-refractivity contribution in [2.45, 2.75) is 34.1 Å². The van der Waals surface area contributed by atoms with Gasteiger partial charge < -0.3 is 0 Å². The molecule has 0 saturated heterocycles. The van der Waals surface area contributed by atoms with Gasteiger partial charge in [0.25, 0.3) is 0 Å². The minimum Gasteiger partial charge on any atom is -0.260 e. The van der Waals surface area contributed by atoms with E-state index in [1.54, 1.807) is 0 Å². The quantitative estimate of drug-likeness (QED) is 0.548. The van der Waals surface area contributed by atoms with E-state index in [2.05, 4.69) is 37.1 Å². The maximum atomic E-state index is 4.36. The van der Waals surface area contributed by atoms with Crippen molar-refractivity contribution >= 4 is 6.21 Å². The summed E-state index contributed by atoms with van der Waals surface area (Å²) < 4.78 is 0. The molecule has 0 aromatic rings. The van der Waals surface area contributed by atoms with E-state index in [0.29, 0.717) is 0 Å². The van der Waals surface area contributed by atoms with Gasteiger partial charge in [-0.2, -0.15) is 0 Å². The minimum atomic E-state index is 0.160. The Morgan fingerprint density at radius 2 is 2.00 bits per heavy atom.